The molecule has 1 aromatic heterocycles. The molecule has 0 atom stereocenters. The van der Waals surface area contributed by atoms with Crippen molar-refractivity contribution in [1.29, 1.82) is 0 Å². The zero-order chi connectivity index (χ0) is 12.8. The standard InChI is InChI=1S/C14H16N2O2/c1-2-9-18-13-5-3-12(4-6-13)14(17)10-16-8-7-15-11-16/h3-8,11H,2,9-10H2,1H3. The monoisotopic (exact) mass is 244 g/mol. The second-order valence-electron chi connectivity index (χ2n) is 4.03. The third-order valence-electron chi connectivity index (χ3n) is 2.53. The molecule has 0 aliphatic carbocycles. The molecule has 1 heterocycles. The summed E-state index contributed by atoms with van der Waals surface area (Å²) in [4.78, 5) is 15.9. The van der Waals surface area contributed by atoms with Gasteiger partial charge in [0.2, 0.25) is 0 Å². The molecular weight excluding hydrogens is 228 g/mol. The van der Waals surface area contributed by atoms with Crippen LogP contribution < -0.4 is 4.74 Å². The summed E-state index contributed by atoms with van der Waals surface area (Å²) in [5.74, 6) is 0.867. The first-order valence-electron chi connectivity index (χ1n) is 6.01. The van der Waals surface area contributed by atoms with Crippen LogP contribution in [0.4, 0.5) is 0 Å². The smallest absolute Gasteiger partial charge is 0.182 e. The molecule has 0 N–H and O–H groups in total. The lowest BCUT2D eigenvalue weighted by Gasteiger charge is -2.06. The van der Waals surface area contributed by atoms with Gasteiger partial charge in [-0.15, -0.1) is 0 Å². The minimum absolute atomic E-state index is 0.0649. The van der Waals surface area contributed by atoms with E-state index in [1.54, 1.807) is 35.4 Å². The Hall–Kier alpha value is -2.10. The Morgan fingerprint density at radius 2 is 2.11 bits per heavy atom. The first-order valence-corrected chi connectivity index (χ1v) is 6.01. The molecule has 1 aromatic carbocycles. The number of nitrogens with zero attached hydrogens (tertiary/aromatic N) is 2. The van der Waals surface area contributed by atoms with Crippen LogP contribution in [-0.2, 0) is 6.54 Å². The fourth-order valence-corrected chi connectivity index (χ4v) is 1.59. The van der Waals surface area contributed by atoms with Crippen molar-refractivity contribution in [2.24, 2.45) is 0 Å². The molecule has 0 bridgehead atoms. The van der Waals surface area contributed by atoms with E-state index in [2.05, 4.69) is 11.9 Å². The summed E-state index contributed by atoms with van der Waals surface area (Å²) in [5.41, 5.74) is 0.688. The number of carbonyl (C=O) groups excluding carboxylic acids is 1. The number of hydrogen-bond donors (Lipinski definition) is 0. The molecule has 0 aliphatic heterocycles. The highest BCUT2D eigenvalue weighted by atomic mass is 16.5. The van der Waals surface area contributed by atoms with Crippen molar-refractivity contribution in [2.75, 3.05) is 6.61 Å². The van der Waals surface area contributed by atoms with Crippen LogP contribution in [0.2, 0.25) is 0 Å². The van der Waals surface area contributed by atoms with Crippen molar-refractivity contribution < 1.29 is 9.53 Å². The van der Waals surface area contributed by atoms with Gasteiger partial charge in [0, 0.05) is 18.0 Å². The third-order valence-corrected chi connectivity index (χ3v) is 2.53. The third kappa shape index (κ3) is 3.20. The highest BCUT2D eigenvalue weighted by Gasteiger charge is 2.06. The first kappa shape index (κ1) is 12.4. The van der Waals surface area contributed by atoms with Crippen molar-refractivity contribution in [3.05, 3.63) is 48.5 Å². The fraction of sp³-hybridized carbons (Fsp3) is 0.286. The van der Waals surface area contributed by atoms with Crippen LogP contribution in [0.25, 0.3) is 0 Å². The second kappa shape index (κ2) is 6.00. The minimum atomic E-state index is 0.0649. The van der Waals surface area contributed by atoms with Crippen LogP contribution >= 0.6 is 0 Å². The quantitative estimate of drug-likeness (QED) is 0.733. The Morgan fingerprint density at radius 1 is 1.33 bits per heavy atom. The van der Waals surface area contributed by atoms with Crippen LogP contribution in [0.1, 0.15) is 23.7 Å². The largest absolute Gasteiger partial charge is 0.494 e. The van der Waals surface area contributed by atoms with Gasteiger partial charge in [0.1, 0.15) is 5.75 Å². The van der Waals surface area contributed by atoms with Gasteiger partial charge in [-0.25, -0.2) is 4.98 Å². The van der Waals surface area contributed by atoms with Crippen LogP contribution in [0.5, 0.6) is 5.75 Å². The fourth-order valence-electron chi connectivity index (χ4n) is 1.59. The molecule has 0 spiro atoms. The average molecular weight is 244 g/mol. The van der Waals surface area contributed by atoms with Gasteiger partial charge in [0.15, 0.2) is 5.78 Å². The number of Topliss-reactive ketones (excluding diaryl/α,β-unsaturated/α-hetero) is 1. The van der Waals surface area contributed by atoms with Gasteiger partial charge in [-0.3, -0.25) is 4.79 Å². The van der Waals surface area contributed by atoms with Gasteiger partial charge < -0.3 is 9.30 Å². The van der Waals surface area contributed by atoms with E-state index in [1.807, 2.05) is 12.1 Å². The lowest BCUT2D eigenvalue weighted by molar-refractivity contribution is 0.0972. The zero-order valence-corrected chi connectivity index (χ0v) is 10.4. The summed E-state index contributed by atoms with van der Waals surface area (Å²) in [6.45, 7) is 3.07. The number of imidazole rings is 1. The highest BCUT2D eigenvalue weighted by molar-refractivity contribution is 5.95. The Balaban J connectivity index is 1.98. The minimum Gasteiger partial charge on any atom is -0.494 e. The predicted molar refractivity (Wildman–Crippen MR) is 68.8 cm³/mol. The molecule has 0 aliphatic rings. The lowest BCUT2D eigenvalue weighted by atomic mass is 10.1. The molecule has 0 radical (unpaired) electrons. The summed E-state index contributed by atoms with van der Waals surface area (Å²) in [6.07, 6.45) is 6.05. The van der Waals surface area contributed by atoms with Crippen molar-refractivity contribution in [3.8, 4) is 5.75 Å². The number of aromatic nitrogens is 2. The SMILES string of the molecule is CCCOc1ccc(C(=O)Cn2ccnc2)cc1. The topological polar surface area (TPSA) is 44.1 Å². The molecule has 0 fully saturated rings. The Labute approximate surface area is 106 Å². The first-order chi connectivity index (χ1) is 8.79. The van der Waals surface area contributed by atoms with Gasteiger partial charge in [-0.05, 0) is 30.7 Å². The summed E-state index contributed by atoms with van der Waals surface area (Å²) < 4.78 is 7.22. The zero-order valence-electron chi connectivity index (χ0n) is 10.4. The number of ketones is 1. The van der Waals surface area contributed by atoms with E-state index in [-0.39, 0.29) is 5.78 Å². The molecule has 0 unspecified atom stereocenters. The maximum absolute atomic E-state index is 11.9. The van der Waals surface area contributed by atoms with Gasteiger partial charge in [0.25, 0.3) is 0 Å². The van der Waals surface area contributed by atoms with E-state index in [9.17, 15) is 4.79 Å². The Bertz CT molecular complexity index is 489. The summed E-state index contributed by atoms with van der Waals surface area (Å²) >= 11 is 0. The van der Waals surface area contributed by atoms with Crippen molar-refractivity contribution in [3.63, 3.8) is 0 Å². The molecule has 94 valence electrons. The van der Waals surface area contributed by atoms with Gasteiger partial charge >= 0.3 is 0 Å². The van der Waals surface area contributed by atoms with Gasteiger partial charge in [-0.1, -0.05) is 6.92 Å². The Morgan fingerprint density at radius 3 is 2.72 bits per heavy atom. The molecule has 2 aromatic rings. The number of benzene rings is 1. The maximum atomic E-state index is 11.9. The van der Waals surface area contributed by atoms with E-state index in [0.29, 0.717) is 18.7 Å². The maximum Gasteiger partial charge on any atom is 0.182 e. The highest BCUT2D eigenvalue weighted by Crippen LogP contribution is 2.13. The number of rotatable bonds is 6. The van der Waals surface area contributed by atoms with E-state index < -0.39 is 0 Å². The molecular formula is C14H16N2O2. The van der Waals surface area contributed by atoms with E-state index in [4.69, 9.17) is 4.74 Å². The molecule has 0 amide bonds. The summed E-state index contributed by atoms with van der Waals surface area (Å²) in [6, 6.07) is 7.25. The van der Waals surface area contributed by atoms with Crippen molar-refractivity contribution in [2.45, 2.75) is 19.9 Å². The van der Waals surface area contributed by atoms with Crippen LogP contribution in [0.3, 0.4) is 0 Å². The lowest BCUT2D eigenvalue weighted by Crippen LogP contribution is -2.08. The van der Waals surface area contributed by atoms with E-state index in [1.165, 1.54) is 0 Å². The van der Waals surface area contributed by atoms with Crippen molar-refractivity contribution >= 4 is 5.78 Å². The van der Waals surface area contributed by atoms with Crippen molar-refractivity contribution in [1.82, 2.24) is 9.55 Å². The second-order valence-corrected chi connectivity index (χ2v) is 4.03. The predicted octanol–water partition coefficient (Wildman–Crippen LogP) is 2.55. The molecule has 0 saturated carbocycles. The molecule has 2 rings (SSSR count). The van der Waals surface area contributed by atoms with Crippen LogP contribution in [0.15, 0.2) is 43.0 Å². The van der Waals surface area contributed by atoms with E-state index in [0.717, 1.165) is 12.2 Å². The molecule has 4 heteroatoms. The molecule has 4 nitrogen and oxygen atoms in total. The van der Waals surface area contributed by atoms with Gasteiger partial charge in [0.05, 0.1) is 19.5 Å². The average Bonchev–Trinajstić information content (AvgIpc) is 2.89. The molecule has 18 heavy (non-hydrogen) atoms. The number of hydrogen-bond acceptors (Lipinski definition) is 3. The summed E-state index contributed by atoms with van der Waals surface area (Å²) in [5, 5.41) is 0. The summed E-state index contributed by atoms with van der Waals surface area (Å²) in [7, 11) is 0. The number of carbonyl (C=O) groups is 1. The number of ether oxygens (including phenoxy) is 1. The van der Waals surface area contributed by atoms with Crippen LogP contribution in [-0.4, -0.2) is 21.9 Å². The van der Waals surface area contributed by atoms with E-state index >= 15 is 0 Å². The Kier molecular flexibility index (Phi) is 4.12. The van der Waals surface area contributed by atoms with Crippen LogP contribution in [0, 0.1) is 0 Å². The van der Waals surface area contributed by atoms with Gasteiger partial charge in [-0.2, -0.15) is 0 Å². The molecule has 0 saturated heterocycles. The normalized spacial score (nSPS) is 10.3.